The molecule has 0 bridgehead atoms. The van der Waals surface area contributed by atoms with Gasteiger partial charge < -0.3 is 4.74 Å². The van der Waals surface area contributed by atoms with E-state index in [4.69, 9.17) is 16.3 Å². The molecule has 0 amide bonds. The van der Waals surface area contributed by atoms with Gasteiger partial charge in [-0.25, -0.2) is 0 Å². The van der Waals surface area contributed by atoms with Crippen molar-refractivity contribution in [2.24, 2.45) is 0 Å². The largest absolute Gasteiger partial charge is 0.457 e. The maximum Gasteiger partial charge on any atom is 0.161 e. The Morgan fingerprint density at radius 1 is 1.11 bits per heavy atom. The molecule has 2 aromatic carbocycles. The number of hydrogen-bond acceptors (Lipinski definition) is 2. The highest BCUT2D eigenvalue weighted by Crippen LogP contribution is 2.29. The molecular weight excluding hydrogens is 260 g/mol. The predicted octanol–water partition coefficient (Wildman–Crippen LogP) is 4.95. The van der Waals surface area contributed by atoms with Crippen LogP contribution in [0.3, 0.4) is 0 Å². The number of ether oxygens (including phenoxy) is 1. The minimum absolute atomic E-state index is 0.0525. The number of ketones is 1. The molecule has 0 heterocycles. The SMILES string of the molecule is CC(=O)c1ccc(Oc2cc(C)ccc2C)cc1Cl. The van der Waals surface area contributed by atoms with Crippen molar-refractivity contribution in [3.63, 3.8) is 0 Å². The van der Waals surface area contributed by atoms with Crippen molar-refractivity contribution in [3.05, 3.63) is 58.1 Å². The average Bonchev–Trinajstić information content (AvgIpc) is 2.33. The molecule has 0 spiro atoms. The Kier molecular flexibility index (Phi) is 3.91. The van der Waals surface area contributed by atoms with Gasteiger partial charge in [-0.2, -0.15) is 0 Å². The van der Waals surface area contributed by atoms with Gasteiger partial charge in [0.05, 0.1) is 5.02 Å². The molecule has 0 saturated heterocycles. The van der Waals surface area contributed by atoms with Gasteiger partial charge in [0.15, 0.2) is 5.78 Å². The molecule has 19 heavy (non-hydrogen) atoms. The van der Waals surface area contributed by atoms with Gasteiger partial charge in [0.2, 0.25) is 0 Å². The zero-order chi connectivity index (χ0) is 14.0. The normalized spacial score (nSPS) is 10.3. The average molecular weight is 275 g/mol. The lowest BCUT2D eigenvalue weighted by molar-refractivity contribution is 0.101. The lowest BCUT2D eigenvalue weighted by Gasteiger charge is -2.10. The molecule has 3 heteroatoms. The molecule has 0 atom stereocenters. The molecule has 0 radical (unpaired) electrons. The molecule has 0 aliphatic heterocycles. The highest BCUT2D eigenvalue weighted by atomic mass is 35.5. The second kappa shape index (κ2) is 5.45. The fourth-order valence-corrected chi connectivity index (χ4v) is 2.09. The number of halogens is 1. The Bertz CT molecular complexity index is 633. The summed E-state index contributed by atoms with van der Waals surface area (Å²) in [6, 6.07) is 11.1. The van der Waals surface area contributed by atoms with E-state index in [0.29, 0.717) is 16.3 Å². The van der Waals surface area contributed by atoms with E-state index in [1.165, 1.54) is 6.92 Å². The Balaban J connectivity index is 2.31. The van der Waals surface area contributed by atoms with Crippen molar-refractivity contribution in [1.82, 2.24) is 0 Å². The van der Waals surface area contributed by atoms with Crippen molar-refractivity contribution in [3.8, 4) is 11.5 Å². The maximum atomic E-state index is 11.3. The van der Waals surface area contributed by atoms with Crippen LogP contribution in [0.15, 0.2) is 36.4 Å². The molecule has 2 rings (SSSR count). The fraction of sp³-hybridized carbons (Fsp3) is 0.188. The molecule has 2 aromatic rings. The number of carbonyl (C=O) groups excluding carboxylic acids is 1. The maximum absolute atomic E-state index is 11.3. The van der Waals surface area contributed by atoms with E-state index in [1.54, 1.807) is 18.2 Å². The Labute approximate surface area is 118 Å². The van der Waals surface area contributed by atoms with Crippen LogP contribution in [0.1, 0.15) is 28.4 Å². The van der Waals surface area contributed by atoms with Crippen molar-refractivity contribution in [2.45, 2.75) is 20.8 Å². The van der Waals surface area contributed by atoms with Gasteiger partial charge in [0, 0.05) is 11.6 Å². The van der Waals surface area contributed by atoms with Gasteiger partial charge in [-0.15, -0.1) is 0 Å². The molecular formula is C16H15ClO2. The van der Waals surface area contributed by atoms with E-state index in [1.807, 2.05) is 32.0 Å². The molecule has 0 N–H and O–H groups in total. The van der Waals surface area contributed by atoms with Crippen LogP contribution in [0.25, 0.3) is 0 Å². The second-order valence-electron chi connectivity index (χ2n) is 4.57. The zero-order valence-corrected chi connectivity index (χ0v) is 11.9. The smallest absolute Gasteiger partial charge is 0.161 e. The van der Waals surface area contributed by atoms with E-state index in [0.717, 1.165) is 16.9 Å². The summed E-state index contributed by atoms with van der Waals surface area (Å²) in [5, 5.41) is 0.412. The van der Waals surface area contributed by atoms with Crippen LogP contribution >= 0.6 is 11.6 Å². The van der Waals surface area contributed by atoms with Crippen molar-refractivity contribution < 1.29 is 9.53 Å². The number of rotatable bonds is 3. The van der Waals surface area contributed by atoms with E-state index in [-0.39, 0.29) is 5.78 Å². The number of benzene rings is 2. The summed E-state index contributed by atoms with van der Waals surface area (Å²) in [6.07, 6.45) is 0. The first-order valence-electron chi connectivity index (χ1n) is 6.03. The molecule has 0 aromatic heterocycles. The van der Waals surface area contributed by atoms with Gasteiger partial charge in [-0.1, -0.05) is 23.7 Å². The van der Waals surface area contributed by atoms with E-state index < -0.39 is 0 Å². The van der Waals surface area contributed by atoms with Crippen LogP contribution < -0.4 is 4.74 Å². The van der Waals surface area contributed by atoms with Crippen molar-refractivity contribution in [2.75, 3.05) is 0 Å². The van der Waals surface area contributed by atoms with E-state index in [2.05, 4.69) is 0 Å². The van der Waals surface area contributed by atoms with E-state index in [9.17, 15) is 4.79 Å². The van der Waals surface area contributed by atoms with Crippen LogP contribution in [-0.2, 0) is 0 Å². The minimum atomic E-state index is -0.0525. The monoisotopic (exact) mass is 274 g/mol. The van der Waals surface area contributed by atoms with Crippen LogP contribution in [0.2, 0.25) is 5.02 Å². The van der Waals surface area contributed by atoms with E-state index >= 15 is 0 Å². The van der Waals surface area contributed by atoms with Gasteiger partial charge in [-0.3, -0.25) is 4.79 Å². The summed E-state index contributed by atoms with van der Waals surface area (Å²) in [5.41, 5.74) is 2.69. The number of carbonyl (C=O) groups is 1. The van der Waals surface area contributed by atoms with Gasteiger partial charge >= 0.3 is 0 Å². The van der Waals surface area contributed by atoms with Crippen LogP contribution in [0, 0.1) is 13.8 Å². The summed E-state index contributed by atoms with van der Waals surface area (Å²) in [6.45, 7) is 5.49. The summed E-state index contributed by atoms with van der Waals surface area (Å²) in [5.74, 6) is 1.37. The number of aryl methyl sites for hydroxylation is 2. The molecule has 0 saturated carbocycles. The van der Waals surface area contributed by atoms with Crippen LogP contribution in [0.5, 0.6) is 11.5 Å². The topological polar surface area (TPSA) is 26.3 Å². The summed E-state index contributed by atoms with van der Waals surface area (Å²) in [4.78, 5) is 11.3. The third-order valence-corrected chi connectivity index (χ3v) is 3.20. The molecule has 2 nitrogen and oxygen atoms in total. The third-order valence-electron chi connectivity index (χ3n) is 2.89. The minimum Gasteiger partial charge on any atom is -0.457 e. The molecule has 0 fully saturated rings. The Morgan fingerprint density at radius 2 is 1.84 bits per heavy atom. The highest BCUT2D eigenvalue weighted by Gasteiger charge is 2.08. The summed E-state index contributed by atoms with van der Waals surface area (Å²) < 4.78 is 5.81. The molecule has 0 aliphatic carbocycles. The third kappa shape index (κ3) is 3.15. The second-order valence-corrected chi connectivity index (χ2v) is 4.98. The number of Topliss-reactive ketones (excluding diaryl/α,β-unsaturated/α-hetero) is 1. The standard InChI is InChI=1S/C16H15ClO2/c1-10-4-5-11(2)16(8-10)19-13-6-7-14(12(3)18)15(17)9-13/h4-9H,1-3H3. The quantitative estimate of drug-likeness (QED) is 0.740. The lowest BCUT2D eigenvalue weighted by atomic mass is 10.1. The summed E-state index contributed by atoms with van der Waals surface area (Å²) >= 11 is 6.06. The molecule has 98 valence electrons. The summed E-state index contributed by atoms with van der Waals surface area (Å²) in [7, 11) is 0. The van der Waals surface area contributed by atoms with Gasteiger partial charge in [-0.05, 0) is 50.1 Å². The van der Waals surface area contributed by atoms with Gasteiger partial charge in [0.25, 0.3) is 0 Å². The molecule has 0 unspecified atom stereocenters. The first-order valence-corrected chi connectivity index (χ1v) is 6.41. The fourth-order valence-electron chi connectivity index (χ4n) is 1.79. The van der Waals surface area contributed by atoms with Gasteiger partial charge in [0.1, 0.15) is 11.5 Å². The molecule has 0 aliphatic rings. The first kappa shape index (κ1) is 13.6. The highest BCUT2D eigenvalue weighted by molar-refractivity contribution is 6.34. The van der Waals surface area contributed by atoms with Crippen molar-refractivity contribution >= 4 is 17.4 Å². The first-order chi connectivity index (χ1) is 8.97. The Morgan fingerprint density at radius 3 is 2.47 bits per heavy atom. The van der Waals surface area contributed by atoms with Crippen LogP contribution in [-0.4, -0.2) is 5.78 Å². The number of hydrogen-bond donors (Lipinski definition) is 0. The van der Waals surface area contributed by atoms with Crippen molar-refractivity contribution in [1.29, 1.82) is 0 Å². The lowest BCUT2D eigenvalue weighted by Crippen LogP contribution is -1.94. The predicted molar refractivity (Wildman–Crippen MR) is 77.4 cm³/mol. The van der Waals surface area contributed by atoms with Crippen LogP contribution in [0.4, 0.5) is 0 Å². The Hall–Kier alpha value is -1.80. The zero-order valence-electron chi connectivity index (χ0n) is 11.2.